The van der Waals surface area contributed by atoms with Gasteiger partial charge in [-0.3, -0.25) is 4.98 Å². The highest BCUT2D eigenvalue weighted by molar-refractivity contribution is 5.77. The lowest BCUT2D eigenvalue weighted by molar-refractivity contribution is 0.277. The van der Waals surface area contributed by atoms with E-state index in [1.807, 2.05) is 18.2 Å². The van der Waals surface area contributed by atoms with E-state index in [-0.39, 0.29) is 0 Å². The average Bonchev–Trinajstić information content (AvgIpc) is 2.46. The molecule has 2 heterocycles. The van der Waals surface area contributed by atoms with Gasteiger partial charge in [0.15, 0.2) is 0 Å². The summed E-state index contributed by atoms with van der Waals surface area (Å²) in [5.74, 6) is 0.315. The Hall–Kier alpha value is -1.86. The van der Waals surface area contributed by atoms with Gasteiger partial charge in [0.25, 0.3) is 0 Å². The minimum atomic E-state index is 0.315. The van der Waals surface area contributed by atoms with Gasteiger partial charge in [0.05, 0.1) is 11.3 Å². The number of nitriles is 1. The quantitative estimate of drug-likeness (QED) is 0.839. The number of aromatic nitrogens is 1. The van der Waals surface area contributed by atoms with Crippen molar-refractivity contribution in [3.8, 4) is 6.07 Å². The first kappa shape index (κ1) is 13.6. The summed E-state index contributed by atoms with van der Waals surface area (Å²) in [6.07, 6.45) is 1.74. The summed E-state index contributed by atoms with van der Waals surface area (Å²) >= 11 is 0. The molecule has 1 aliphatic rings. The maximum Gasteiger partial charge on any atom is 0.103 e. The summed E-state index contributed by atoms with van der Waals surface area (Å²) in [6.45, 7) is 8.11. The van der Waals surface area contributed by atoms with Crippen LogP contribution in [0, 0.1) is 17.2 Å². The fourth-order valence-corrected chi connectivity index (χ4v) is 2.47. The molecule has 0 atom stereocenters. The van der Waals surface area contributed by atoms with Gasteiger partial charge in [-0.15, -0.1) is 0 Å². The van der Waals surface area contributed by atoms with Crippen LogP contribution in [-0.4, -0.2) is 36.1 Å². The highest BCUT2D eigenvalue weighted by Crippen LogP contribution is 2.25. The first-order chi connectivity index (χ1) is 9.24. The number of rotatable bonds is 3. The smallest absolute Gasteiger partial charge is 0.103 e. The number of pyridine rings is 1. The molecule has 1 aliphatic heterocycles. The summed E-state index contributed by atoms with van der Waals surface area (Å²) in [5, 5.41) is 12.9. The molecule has 2 rings (SSSR count). The van der Waals surface area contributed by atoms with E-state index in [4.69, 9.17) is 0 Å². The maximum absolute atomic E-state index is 9.54. The van der Waals surface area contributed by atoms with E-state index >= 15 is 0 Å². The van der Waals surface area contributed by atoms with Gasteiger partial charge in [-0.2, -0.15) is 5.26 Å². The summed E-state index contributed by atoms with van der Waals surface area (Å²) < 4.78 is 0. The van der Waals surface area contributed by atoms with Gasteiger partial charge in [0, 0.05) is 38.1 Å². The molecule has 1 aromatic heterocycles. The maximum atomic E-state index is 9.54. The molecule has 0 aliphatic carbocycles. The van der Waals surface area contributed by atoms with E-state index in [9.17, 15) is 5.26 Å². The molecule has 0 amide bonds. The van der Waals surface area contributed by atoms with E-state index in [0.717, 1.165) is 37.6 Å². The van der Waals surface area contributed by atoms with Gasteiger partial charge in [-0.1, -0.05) is 19.9 Å². The molecule has 1 fully saturated rings. The van der Waals surface area contributed by atoms with Crippen LogP contribution in [0.1, 0.15) is 19.5 Å². The van der Waals surface area contributed by atoms with Crippen molar-refractivity contribution in [3.05, 3.63) is 35.8 Å². The number of allylic oxidation sites excluding steroid dienone is 2. The molecule has 0 aromatic carbocycles. The zero-order valence-corrected chi connectivity index (χ0v) is 11.6. The van der Waals surface area contributed by atoms with Gasteiger partial charge in [0.2, 0.25) is 0 Å². The van der Waals surface area contributed by atoms with Gasteiger partial charge in [0.1, 0.15) is 6.07 Å². The van der Waals surface area contributed by atoms with Crippen LogP contribution in [0.5, 0.6) is 0 Å². The Bertz CT molecular complexity index is 479. The Morgan fingerprint density at radius 1 is 1.37 bits per heavy atom. The standard InChI is InChI=1S/C15H20N4/c1-12(2)15(19-9-7-17-8-10-19)13(11-16)14-5-3-4-6-18-14/h3-6,12,17H,7-10H2,1-2H3. The fraction of sp³-hybridized carbons (Fsp3) is 0.467. The zero-order chi connectivity index (χ0) is 13.7. The molecular weight excluding hydrogens is 236 g/mol. The second kappa shape index (κ2) is 6.35. The van der Waals surface area contributed by atoms with E-state index < -0.39 is 0 Å². The third kappa shape index (κ3) is 3.12. The van der Waals surface area contributed by atoms with Gasteiger partial charge in [-0.05, 0) is 18.1 Å². The Morgan fingerprint density at radius 3 is 2.63 bits per heavy atom. The van der Waals surface area contributed by atoms with E-state index in [0.29, 0.717) is 11.5 Å². The van der Waals surface area contributed by atoms with Crippen LogP contribution in [0.2, 0.25) is 0 Å². The molecule has 1 saturated heterocycles. The Morgan fingerprint density at radius 2 is 2.11 bits per heavy atom. The number of nitrogens with zero attached hydrogens (tertiary/aromatic N) is 3. The average molecular weight is 256 g/mol. The Kier molecular flexibility index (Phi) is 4.53. The van der Waals surface area contributed by atoms with Crippen molar-refractivity contribution in [1.29, 1.82) is 5.26 Å². The molecule has 0 unspecified atom stereocenters. The third-order valence-electron chi connectivity index (χ3n) is 3.29. The first-order valence-corrected chi connectivity index (χ1v) is 6.75. The van der Waals surface area contributed by atoms with E-state index in [2.05, 4.69) is 35.1 Å². The second-order valence-corrected chi connectivity index (χ2v) is 4.98. The van der Waals surface area contributed by atoms with Gasteiger partial charge in [-0.25, -0.2) is 0 Å². The largest absolute Gasteiger partial charge is 0.371 e. The first-order valence-electron chi connectivity index (χ1n) is 6.75. The molecule has 19 heavy (non-hydrogen) atoms. The molecule has 0 spiro atoms. The van der Waals surface area contributed by atoms with Crippen LogP contribution in [0.15, 0.2) is 30.1 Å². The third-order valence-corrected chi connectivity index (χ3v) is 3.29. The lowest BCUT2D eigenvalue weighted by Gasteiger charge is -2.34. The Balaban J connectivity index is 2.44. The topological polar surface area (TPSA) is 52.0 Å². The number of nitrogens with one attached hydrogen (secondary N) is 1. The van der Waals surface area contributed by atoms with Crippen molar-refractivity contribution in [2.24, 2.45) is 5.92 Å². The lowest BCUT2D eigenvalue weighted by Crippen LogP contribution is -2.44. The number of hydrogen-bond donors (Lipinski definition) is 1. The van der Waals surface area contributed by atoms with E-state index in [1.54, 1.807) is 6.20 Å². The van der Waals surface area contributed by atoms with Crippen LogP contribution in [0.4, 0.5) is 0 Å². The molecule has 4 nitrogen and oxygen atoms in total. The van der Waals surface area contributed by atoms with Crippen molar-refractivity contribution in [2.45, 2.75) is 13.8 Å². The number of hydrogen-bond acceptors (Lipinski definition) is 4. The van der Waals surface area contributed by atoms with Crippen LogP contribution < -0.4 is 5.32 Å². The molecule has 4 heteroatoms. The number of piperazine rings is 1. The molecule has 0 saturated carbocycles. The van der Waals surface area contributed by atoms with Crippen LogP contribution in [0.25, 0.3) is 5.57 Å². The van der Waals surface area contributed by atoms with Crippen molar-refractivity contribution < 1.29 is 0 Å². The predicted molar refractivity (Wildman–Crippen MR) is 76.1 cm³/mol. The molecule has 1 aromatic rings. The molecular formula is C15H20N4. The minimum absolute atomic E-state index is 0.315. The van der Waals surface area contributed by atoms with Gasteiger partial charge < -0.3 is 10.2 Å². The fourth-order valence-electron chi connectivity index (χ4n) is 2.47. The van der Waals surface area contributed by atoms with Crippen molar-refractivity contribution in [2.75, 3.05) is 26.2 Å². The van der Waals surface area contributed by atoms with Crippen molar-refractivity contribution >= 4 is 5.57 Å². The Labute approximate surface area is 114 Å². The summed E-state index contributed by atoms with van der Waals surface area (Å²) in [4.78, 5) is 6.64. The SMILES string of the molecule is CC(C)C(=C(C#N)c1ccccn1)N1CCNCC1. The minimum Gasteiger partial charge on any atom is -0.371 e. The lowest BCUT2D eigenvalue weighted by atomic mass is 10.00. The van der Waals surface area contributed by atoms with Crippen LogP contribution in [-0.2, 0) is 0 Å². The second-order valence-electron chi connectivity index (χ2n) is 4.98. The molecule has 100 valence electrons. The normalized spacial score (nSPS) is 17.1. The molecule has 0 radical (unpaired) electrons. The van der Waals surface area contributed by atoms with Crippen molar-refractivity contribution in [3.63, 3.8) is 0 Å². The predicted octanol–water partition coefficient (Wildman–Crippen LogP) is 1.88. The highest BCUT2D eigenvalue weighted by atomic mass is 15.2. The van der Waals surface area contributed by atoms with Crippen LogP contribution >= 0.6 is 0 Å². The van der Waals surface area contributed by atoms with Crippen molar-refractivity contribution in [1.82, 2.24) is 15.2 Å². The zero-order valence-electron chi connectivity index (χ0n) is 11.6. The summed E-state index contributed by atoms with van der Waals surface area (Å²) in [5.41, 5.74) is 2.59. The summed E-state index contributed by atoms with van der Waals surface area (Å²) in [6, 6.07) is 8.06. The monoisotopic (exact) mass is 256 g/mol. The summed E-state index contributed by atoms with van der Waals surface area (Å²) in [7, 11) is 0. The molecule has 1 N–H and O–H groups in total. The highest BCUT2D eigenvalue weighted by Gasteiger charge is 2.21. The van der Waals surface area contributed by atoms with E-state index in [1.165, 1.54) is 0 Å². The van der Waals surface area contributed by atoms with Gasteiger partial charge >= 0.3 is 0 Å². The molecule has 0 bridgehead atoms. The van der Waals surface area contributed by atoms with Crippen LogP contribution in [0.3, 0.4) is 0 Å².